The van der Waals surface area contributed by atoms with Crippen molar-refractivity contribution in [1.82, 2.24) is 9.80 Å². The number of morpholine rings is 1. The molecule has 0 radical (unpaired) electrons. The van der Waals surface area contributed by atoms with Gasteiger partial charge in [-0.25, -0.2) is 4.79 Å². The second kappa shape index (κ2) is 10.5. The number of aliphatic hydroxyl groups excluding tert-OH is 2. The van der Waals surface area contributed by atoms with Gasteiger partial charge in [-0.2, -0.15) is 0 Å². The molecule has 46 heavy (non-hydrogen) atoms. The van der Waals surface area contributed by atoms with Crippen LogP contribution in [-0.2, 0) is 14.2 Å². The fourth-order valence-electron chi connectivity index (χ4n) is 13.6. The number of aliphatic hydroxyl groups is 3. The largest absolute Gasteiger partial charge is 0.390 e. The molecular weight excluding hydrogens is 584 g/mol. The van der Waals surface area contributed by atoms with Gasteiger partial charge in [0.05, 0.1) is 43.2 Å². The molecule has 7 rings (SSSR count). The summed E-state index contributed by atoms with van der Waals surface area (Å²) in [6, 6.07) is 0.00691. The number of amides is 2. The van der Waals surface area contributed by atoms with Crippen molar-refractivity contribution >= 4 is 6.03 Å². The summed E-state index contributed by atoms with van der Waals surface area (Å²) in [6.45, 7) is 16.8. The average molecular weight is 647 g/mol. The van der Waals surface area contributed by atoms with Crippen molar-refractivity contribution in [1.29, 1.82) is 0 Å². The minimum Gasteiger partial charge on any atom is -0.390 e. The van der Waals surface area contributed by atoms with E-state index in [2.05, 4.69) is 34.6 Å². The molecule has 7 fully saturated rings. The molecule has 9 heteroatoms. The molecular formula is C37H62N2O7. The number of rotatable bonds is 4. The third-order valence-corrected chi connectivity index (χ3v) is 15.8. The Balaban J connectivity index is 1.11. The Hall–Kier alpha value is -0.970. The molecule has 2 heterocycles. The van der Waals surface area contributed by atoms with Gasteiger partial charge in [0.15, 0.2) is 6.29 Å². The maximum absolute atomic E-state index is 12.7. The van der Waals surface area contributed by atoms with Crippen LogP contribution in [0.5, 0.6) is 0 Å². The van der Waals surface area contributed by atoms with E-state index in [4.69, 9.17) is 14.2 Å². The van der Waals surface area contributed by atoms with Crippen molar-refractivity contribution in [2.45, 2.75) is 142 Å². The second-order valence-corrected chi connectivity index (χ2v) is 18.7. The second-order valence-electron chi connectivity index (χ2n) is 18.7. The van der Waals surface area contributed by atoms with Crippen molar-refractivity contribution in [3.05, 3.63) is 0 Å². The van der Waals surface area contributed by atoms with E-state index < -0.39 is 30.2 Å². The normalized spacial score (nSPS) is 51.6. The fraction of sp³-hybridized carbons (Fsp3) is 0.973. The maximum atomic E-state index is 12.7. The van der Waals surface area contributed by atoms with Crippen LogP contribution in [0.3, 0.4) is 0 Å². The molecule has 7 aliphatic rings. The van der Waals surface area contributed by atoms with Gasteiger partial charge in [-0.1, -0.05) is 34.6 Å². The molecule has 262 valence electrons. The monoisotopic (exact) mass is 646 g/mol. The summed E-state index contributed by atoms with van der Waals surface area (Å²) in [7, 11) is 3.58. The van der Waals surface area contributed by atoms with Gasteiger partial charge < -0.3 is 39.3 Å². The summed E-state index contributed by atoms with van der Waals surface area (Å²) in [5, 5.41) is 34.1. The van der Waals surface area contributed by atoms with Gasteiger partial charge in [-0.15, -0.1) is 0 Å². The van der Waals surface area contributed by atoms with Crippen LogP contribution in [-0.4, -0.2) is 107 Å². The predicted molar refractivity (Wildman–Crippen MR) is 174 cm³/mol. The Morgan fingerprint density at radius 2 is 1.72 bits per heavy atom. The summed E-state index contributed by atoms with van der Waals surface area (Å²) in [6.07, 6.45) is 5.97. The van der Waals surface area contributed by atoms with Crippen LogP contribution in [0.15, 0.2) is 0 Å². The van der Waals surface area contributed by atoms with E-state index in [1.165, 1.54) is 12.8 Å². The number of nitrogens with zero attached hydrogens (tertiary/aromatic N) is 2. The van der Waals surface area contributed by atoms with Crippen molar-refractivity contribution in [3.63, 3.8) is 0 Å². The first-order valence-electron chi connectivity index (χ1n) is 18.3. The van der Waals surface area contributed by atoms with E-state index in [1.54, 1.807) is 32.8 Å². The SMILES string of the molecule is CC1CC(C(O)C(C)(C)O)OC2C1C1(C)CCC34CC35CCC(OC3CN(C(=O)N(C)C)CCO3)C(C)(C)C5CCC4C1(C)C2O. The molecule has 14 unspecified atom stereocenters. The lowest BCUT2D eigenvalue weighted by Crippen LogP contribution is -2.60. The van der Waals surface area contributed by atoms with Gasteiger partial charge in [-0.05, 0) is 111 Å². The highest BCUT2D eigenvalue weighted by atomic mass is 16.7. The van der Waals surface area contributed by atoms with Crippen LogP contribution in [0.25, 0.3) is 0 Å². The van der Waals surface area contributed by atoms with Gasteiger partial charge >= 0.3 is 6.03 Å². The fourth-order valence-corrected chi connectivity index (χ4v) is 13.6. The minimum atomic E-state index is -1.26. The van der Waals surface area contributed by atoms with E-state index in [0.717, 1.165) is 32.1 Å². The zero-order valence-corrected chi connectivity index (χ0v) is 29.9. The molecule has 2 spiro atoms. The van der Waals surface area contributed by atoms with E-state index in [1.807, 2.05) is 4.90 Å². The predicted octanol–water partition coefficient (Wildman–Crippen LogP) is 4.66. The van der Waals surface area contributed by atoms with Crippen molar-refractivity contribution < 1.29 is 34.3 Å². The van der Waals surface area contributed by atoms with Crippen molar-refractivity contribution in [2.75, 3.05) is 33.8 Å². The molecule has 2 saturated heterocycles. The number of fused-ring (bicyclic) bond motifs is 4. The quantitative estimate of drug-likeness (QED) is 0.408. The highest BCUT2D eigenvalue weighted by Gasteiger charge is 2.84. The summed E-state index contributed by atoms with van der Waals surface area (Å²) in [4.78, 5) is 16.1. The maximum Gasteiger partial charge on any atom is 0.319 e. The Bertz CT molecular complexity index is 1220. The molecule has 3 N–H and O–H groups in total. The molecule has 0 aromatic rings. The summed E-state index contributed by atoms with van der Waals surface area (Å²) >= 11 is 0. The van der Waals surface area contributed by atoms with E-state index in [0.29, 0.717) is 43.9 Å². The first-order chi connectivity index (χ1) is 21.3. The Morgan fingerprint density at radius 3 is 2.39 bits per heavy atom. The Labute approximate surface area is 276 Å². The van der Waals surface area contributed by atoms with Crippen LogP contribution in [0.2, 0.25) is 0 Å². The lowest BCUT2D eigenvalue weighted by Gasteiger charge is -2.64. The molecule has 2 amide bonds. The molecule has 0 aromatic carbocycles. The number of carbonyl (C=O) groups is 1. The average Bonchev–Trinajstić information content (AvgIpc) is 3.62. The van der Waals surface area contributed by atoms with Gasteiger partial charge in [0.1, 0.15) is 6.10 Å². The summed E-state index contributed by atoms with van der Waals surface area (Å²) in [5.74, 6) is 1.51. The van der Waals surface area contributed by atoms with E-state index in [9.17, 15) is 20.1 Å². The standard InChI is InChI=1S/C37H62N2O7/c1-21-18-22(29(40)33(4,5)43)45-28-27(21)34(6)14-15-37-20-36(37)13-12-25(46-26-19-39(16-17-44-26)31(42)38(8)9)32(2,3)23(36)10-11-24(37)35(34,7)30(28)41/h21-30,40-41,43H,10-20H2,1-9H3. The van der Waals surface area contributed by atoms with E-state index >= 15 is 0 Å². The number of urea groups is 1. The molecule has 5 saturated carbocycles. The first kappa shape index (κ1) is 33.5. The van der Waals surface area contributed by atoms with Gasteiger partial charge in [0.25, 0.3) is 0 Å². The van der Waals surface area contributed by atoms with Gasteiger partial charge in [-0.3, -0.25) is 0 Å². The number of ether oxygens (including phenoxy) is 3. The number of carbonyl (C=O) groups excluding carboxylic acids is 1. The summed E-state index contributed by atoms with van der Waals surface area (Å²) in [5.41, 5.74) is -1.07. The molecule has 2 aliphatic heterocycles. The number of hydrogen-bond donors (Lipinski definition) is 3. The Morgan fingerprint density at radius 1 is 1.04 bits per heavy atom. The Kier molecular flexibility index (Phi) is 7.67. The van der Waals surface area contributed by atoms with Crippen LogP contribution in [0, 0.1) is 50.7 Å². The molecule has 9 nitrogen and oxygen atoms in total. The van der Waals surface area contributed by atoms with E-state index in [-0.39, 0.29) is 51.2 Å². The minimum absolute atomic E-state index is 0.00691. The molecule has 5 aliphatic carbocycles. The zero-order valence-electron chi connectivity index (χ0n) is 29.9. The molecule has 0 aromatic heterocycles. The van der Waals surface area contributed by atoms with Crippen LogP contribution in [0.1, 0.15) is 99.8 Å². The lowest BCUT2D eigenvalue weighted by atomic mass is 9.41. The van der Waals surface area contributed by atoms with Crippen molar-refractivity contribution in [2.24, 2.45) is 50.7 Å². The first-order valence-corrected chi connectivity index (χ1v) is 18.3. The van der Waals surface area contributed by atoms with Crippen LogP contribution < -0.4 is 0 Å². The van der Waals surface area contributed by atoms with Crippen LogP contribution >= 0.6 is 0 Å². The third kappa shape index (κ3) is 4.30. The third-order valence-electron chi connectivity index (χ3n) is 15.8. The zero-order chi connectivity index (χ0) is 33.4. The van der Waals surface area contributed by atoms with Gasteiger partial charge in [0.2, 0.25) is 0 Å². The molecule has 0 bridgehead atoms. The van der Waals surface area contributed by atoms with Gasteiger partial charge in [0, 0.05) is 26.1 Å². The van der Waals surface area contributed by atoms with Crippen molar-refractivity contribution in [3.8, 4) is 0 Å². The highest BCUT2D eigenvalue weighted by Crippen LogP contribution is 2.89. The summed E-state index contributed by atoms with van der Waals surface area (Å²) < 4.78 is 19.5. The topological polar surface area (TPSA) is 112 Å². The molecule has 14 atom stereocenters. The highest BCUT2D eigenvalue weighted by molar-refractivity contribution is 5.73. The number of hydrogen-bond acceptors (Lipinski definition) is 7. The lowest BCUT2D eigenvalue weighted by molar-refractivity contribution is -0.245. The van der Waals surface area contributed by atoms with Crippen LogP contribution in [0.4, 0.5) is 4.79 Å². The smallest absolute Gasteiger partial charge is 0.319 e.